The summed E-state index contributed by atoms with van der Waals surface area (Å²) in [5, 5.41) is 3.96. The number of nitrogen functional groups attached to an aromatic ring is 1. The molecule has 0 amide bonds. The maximum Gasteiger partial charge on any atom is 0.248 e. The van der Waals surface area contributed by atoms with Crippen LogP contribution in [-0.4, -0.2) is 35.6 Å². The number of nitrogens with two attached hydrogens (primary N) is 1. The summed E-state index contributed by atoms with van der Waals surface area (Å²) in [6.07, 6.45) is 1.54. The van der Waals surface area contributed by atoms with E-state index in [1.165, 1.54) is 8.99 Å². The minimum atomic E-state index is -3.58. The van der Waals surface area contributed by atoms with Crippen LogP contribution >= 0.6 is 0 Å². The molecule has 0 atom stereocenters. The molecule has 104 valence electrons. The first-order valence-corrected chi connectivity index (χ1v) is 7.48. The second-order valence-corrected chi connectivity index (χ2v) is 6.35. The molecule has 0 aromatic carbocycles. The van der Waals surface area contributed by atoms with Crippen molar-refractivity contribution in [2.45, 2.75) is 44.6 Å². The van der Waals surface area contributed by atoms with E-state index in [1.807, 2.05) is 13.8 Å². The molecule has 0 fully saturated rings. The van der Waals surface area contributed by atoms with E-state index in [0.29, 0.717) is 5.69 Å². The fraction of sp³-hybridized carbons (Fsp3) is 0.727. The maximum absolute atomic E-state index is 12.5. The number of aryl methyl sites for hydroxylation is 1. The van der Waals surface area contributed by atoms with E-state index in [1.54, 1.807) is 21.0 Å². The van der Waals surface area contributed by atoms with E-state index < -0.39 is 10.0 Å². The van der Waals surface area contributed by atoms with Gasteiger partial charge in [0, 0.05) is 20.1 Å². The smallest absolute Gasteiger partial charge is 0.248 e. The summed E-state index contributed by atoms with van der Waals surface area (Å²) in [5.41, 5.74) is 6.27. The van der Waals surface area contributed by atoms with Crippen LogP contribution in [0, 0.1) is 6.92 Å². The third-order valence-corrected chi connectivity index (χ3v) is 5.48. The molecule has 0 saturated heterocycles. The van der Waals surface area contributed by atoms with Gasteiger partial charge in [0.25, 0.3) is 0 Å². The Labute approximate surface area is 109 Å². The van der Waals surface area contributed by atoms with Crippen molar-refractivity contribution in [2.24, 2.45) is 7.05 Å². The van der Waals surface area contributed by atoms with Crippen LogP contribution in [0.1, 0.15) is 32.4 Å². The molecule has 2 N–H and O–H groups in total. The summed E-state index contributed by atoms with van der Waals surface area (Å²) in [4.78, 5) is 0.124. The van der Waals surface area contributed by atoms with Crippen molar-refractivity contribution in [3.05, 3.63) is 5.69 Å². The van der Waals surface area contributed by atoms with Gasteiger partial charge in [0.15, 0.2) is 5.82 Å². The Morgan fingerprint density at radius 2 is 1.89 bits per heavy atom. The molecule has 0 unspecified atom stereocenters. The maximum atomic E-state index is 12.5. The van der Waals surface area contributed by atoms with Crippen molar-refractivity contribution in [3.8, 4) is 0 Å². The van der Waals surface area contributed by atoms with Gasteiger partial charge in [0.1, 0.15) is 4.90 Å². The minimum Gasteiger partial charge on any atom is -0.381 e. The molecular weight excluding hydrogens is 252 g/mol. The van der Waals surface area contributed by atoms with E-state index in [2.05, 4.69) is 5.10 Å². The first kappa shape index (κ1) is 15.0. The van der Waals surface area contributed by atoms with Crippen LogP contribution in [0.2, 0.25) is 0 Å². The molecule has 0 radical (unpaired) electrons. The van der Waals surface area contributed by atoms with Crippen LogP contribution in [0.15, 0.2) is 4.90 Å². The average Bonchev–Trinajstić information content (AvgIpc) is 2.54. The van der Waals surface area contributed by atoms with Crippen LogP contribution in [0.3, 0.4) is 0 Å². The second-order valence-electron chi connectivity index (χ2n) is 4.41. The van der Waals surface area contributed by atoms with Gasteiger partial charge in [-0.25, -0.2) is 8.42 Å². The summed E-state index contributed by atoms with van der Waals surface area (Å²) in [6.45, 7) is 5.65. The molecule has 1 rings (SSSR count). The summed E-state index contributed by atoms with van der Waals surface area (Å²) in [5.74, 6) is 0.0628. The summed E-state index contributed by atoms with van der Waals surface area (Å²) < 4.78 is 28.0. The Bertz CT molecular complexity index is 517. The van der Waals surface area contributed by atoms with E-state index in [-0.39, 0.29) is 16.8 Å². The van der Waals surface area contributed by atoms with Crippen molar-refractivity contribution in [1.29, 1.82) is 0 Å². The lowest BCUT2D eigenvalue weighted by atomic mass is 10.2. The standard InChI is InChI=1S/C11H22N4O2S/c1-6-9(7-2)15(5)18(16,17)10-8(3)14(4)13-11(10)12/h9H,6-7H2,1-5H3,(H2,12,13). The lowest BCUT2D eigenvalue weighted by Crippen LogP contribution is -2.36. The second kappa shape index (κ2) is 5.27. The molecule has 0 aliphatic rings. The quantitative estimate of drug-likeness (QED) is 0.872. The van der Waals surface area contributed by atoms with Crippen LogP contribution in [0.25, 0.3) is 0 Å². The van der Waals surface area contributed by atoms with Gasteiger partial charge < -0.3 is 5.73 Å². The molecule has 0 spiro atoms. The van der Waals surface area contributed by atoms with Gasteiger partial charge in [-0.05, 0) is 19.8 Å². The molecule has 0 aliphatic carbocycles. The third kappa shape index (κ3) is 2.37. The van der Waals surface area contributed by atoms with Gasteiger partial charge in [-0.3, -0.25) is 4.68 Å². The zero-order valence-corrected chi connectivity index (χ0v) is 12.5. The largest absolute Gasteiger partial charge is 0.381 e. The van der Waals surface area contributed by atoms with Gasteiger partial charge in [-0.2, -0.15) is 9.40 Å². The summed E-state index contributed by atoms with van der Waals surface area (Å²) in [7, 11) is -0.299. The normalized spacial score (nSPS) is 12.6. The van der Waals surface area contributed by atoms with Crippen LogP contribution in [-0.2, 0) is 17.1 Å². The molecule has 1 heterocycles. The molecule has 0 aliphatic heterocycles. The molecule has 0 bridgehead atoms. The zero-order chi connectivity index (χ0) is 14.1. The van der Waals surface area contributed by atoms with Crippen LogP contribution in [0.4, 0.5) is 5.82 Å². The van der Waals surface area contributed by atoms with Gasteiger partial charge >= 0.3 is 0 Å². The SMILES string of the molecule is CCC(CC)N(C)S(=O)(=O)c1c(N)nn(C)c1C. The summed E-state index contributed by atoms with van der Waals surface area (Å²) >= 11 is 0. The zero-order valence-electron chi connectivity index (χ0n) is 11.6. The van der Waals surface area contributed by atoms with E-state index in [4.69, 9.17) is 5.73 Å². The molecule has 6 nitrogen and oxygen atoms in total. The molecule has 1 aromatic rings. The molecule has 1 aromatic heterocycles. The van der Waals surface area contributed by atoms with Crippen LogP contribution in [0.5, 0.6) is 0 Å². The average molecular weight is 274 g/mol. The first-order chi connectivity index (χ1) is 8.27. The van der Waals surface area contributed by atoms with Gasteiger partial charge in [-0.15, -0.1) is 0 Å². The topological polar surface area (TPSA) is 81.2 Å². The first-order valence-electron chi connectivity index (χ1n) is 6.04. The lowest BCUT2D eigenvalue weighted by Gasteiger charge is -2.25. The highest BCUT2D eigenvalue weighted by molar-refractivity contribution is 7.89. The van der Waals surface area contributed by atoms with Gasteiger partial charge in [-0.1, -0.05) is 13.8 Å². The van der Waals surface area contributed by atoms with Gasteiger partial charge in [0.05, 0.1) is 5.69 Å². The third-order valence-electron chi connectivity index (χ3n) is 3.40. The number of anilines is 1. The number of nitrogens with zero attached hydrogens (tertiary/aromatic N) is 3. The van der Waals surface area contributed by atoms with E-state index in [0.717, 1.165) is 12.8 Å². The summed E-state index contributed by atoms with van der Waals surface area (Å²) in [6, 6.07) is -0.0194. The lowest BCUT2D eigenvalue weighted by molar-refractivity contribution is 0.349. The predicted octanol–water partition coefficient (Wildman–Crippen LogP) is 1.12. The Morgan fingerprint density at radius 1 is 1.39 bits per heavy atom. The minimum absolute atomic E-state index is 0.0194. The monoisotopic (exact) mass is 274 g/mol. The molecule has 7 heteroatoms. The van der Waals surface area contributed by atoms with Crippen molar-refractivity contribution in [3.63, 3.8) is 0 Å². The van der Waals surface area contributed by atoms with Crippen LogP contribution < -0.4 is 5.73 Å². The van der Waals surface area contributed by atoms with E-state index >= 15 is 0 Å². The van der Waals surface area contributed by atoms with Crippen molar-refractivity contribution in [1.82, 2.24) is 14.1 Å². The fourth-order valence-corrected chi connectivity index (χ4v) is 3.87. The number of rotatable bonds is 5. The number of sulfonamides is 1. The highest BCUT2D eigenvalue weighted by Gasteiger charge is 2.31. The van der Waals surface area contributed by atoms with E-state index in [9.17, 15) is 8.42 Å². The molecule has 0 saturated carbocycles. The Kier molecular flexibility index (Phi) is 4.39. The molecule has 18 heavy (non-hydrogen) atoms. The Balaban J connectivity index is 3.29. The Morgan fingerprint density at radius 3 is 2.22 bits per heavy atom. The number of hydrogen-bond acceptors (Lipinski definition) is 4. The molecular formula is C11H22N4O2S. The number of aromatic nitrogens is 2. The highest BCUT2D eigenvalue weighted by atomic mass is 32.2. The van der Waals surface area contributed by atoms with Crippen molar-refractivity contribution < 1.29 is 8.42 Å². The Hall–Kier alpha value is -1.08. The highest BCUT2D eigenvalue weighted by Crippen LogP contribution is 2.26. The van der Waals surface area contributed by atoms with Crippen molar-refractivity contribution >= 4 is 15.8 Å². The van der Waals surface area contributed by atoms with Crippen molar-refractivity contribution in [2.75, 3.05) is 12.8 Å². The fourth-order valence-electron chi connectivity index (χ4n) is 2.08. The van der Waals surface area contributed by atoms with Gasteiger partial charge in [0.2, 0.25) is 10.0 Å². The number of hydrogen-bond donors (Lipinski definition) is 1. The predicted molar refractivity (Wildman–Crippen MR) is 71.7 cm³/mol.